The summed E-state index contributed by atoms with van der Waals surface area (Å²) in [5.74, 6) is 0. The fraction of sp³-hybridized carbons (Fsp3) is 1.00. The van der Waals surface area contributed by atoms with E-state index in [0.717, 1.165) is 0 Å². The minimum absolute atomic E-state index is 0. The standard InChI is InChI=1S/C10H20N2.2ClH/c1-10(5-6-11-9-10)12-7-3-2-4-8-12;;/h11H,2-9H2,1H3;2*1H. The van der Waals surface area contributed by atoms with Crippen LogP contribution in [0.1, 0.15) is 32.6 Å². The van der Waals surface area contributed by atoms with Gasteiger partial charge in [0.1, 0.15) is 0 Å². The average molecular weight is 241 g/mol. The summed E-state index contributed by atoms with van der Waals surface area (Å²) in [7, 11) is 0. The summed E-state index contributed by atoms with van der Waals surface area (Å²) < 4.78 is 0. The van der Waals surface area contributed by atoms with E-state index in [2.05, 4.69) is 17.1 Å². The third-order valence-corrected chi connectivity index (χ3v) is 3.47. The number of nitrogens with zero attached hydrogens (tertiary/aromatic N) is 1. The highest BCUT2D eigenvalue weighted by Gasteiger charge is 2.34. The van der Waals surface area contributed by atoms with Crippen molar-refractivity contribution < 1.29 is 0 Å². The Morgan fingerprint density at radius 1 is 1.07 bits per heavy atom. The zero-order valence-electron chi connectivity index (χ0n) is 8.92. The summed E-state index contributed by atoms with van der Waals surface area (Å²) in [4.78, 5) is 2.69. The Morgan fingerprint density at radius 3 is 2.21 bits per heavy atom. The maximum atomic E-state index is 3.47. The van der Waals surface area contributed by atoms with Crippen molar-refractivity contribution in [2.45, 2.75) is 38.1 Å². The first-order valence-electron chi connectivity index (χ1n) is 5.27. The Morgan fingerprint density at radius 2 is 1.71 bits per heavy atom. The lowest BCUT2D eigenvalue weighted by Crippen LogP contribution is -2.50. The summed E-state index contributed by atoms with van der Waals surface area (Å²) >= 11 is 0. The minimum atomic E-state index is 0. The van der Waals surface area contributed by atoms with Crippen LogP contribution in [0.5, 0.6) is 0 Å². The highest BCUT2D eigenvalue weighted by Crippen LogP contribution is 2.25. The van der Waals surface area contributed by atoms with Crippen LogP contribution in [0.15, 0.2) is 0 Å². The molecule has 2 saturated heterocycles. The normalized spacial score (nSPS) is 33.2. The van der Waals surface area contributed by atoms with Crippen LogP contribution in [0, 0.1) is 0 Å². The highest BCUT2D eigenvalue weighted by atomic mass is 35.5. The molecule has 2 fully saturated rings. The van der Waals surface area contributed by atoms with Crippen LogP contribution in [0.3, 0.4) is 0 Å². The van der Waals surface area contributed by atoms with Crippen molar-refractivity contribution in [3.05, 3.63) is 0 Å². The van der Waals surface area contributed by atoms with Gasteiger partial charge in [-0.05, 0) is 45.8 Å². The zero-order valence-corrected chi connectivity index (χ0v) is 10.6. The van der Waals surface area contributed by atoms with Crippen LogP contribution in [-0.4, -0.2) is 36.6 Å². The van der Waals surface area contributed by atoms with Gasteiger partial charge >= 0.3 is 0 Å². The summed E-state index contributed by atoms with van der Waals surface area (Å²) in [5.41, 5.74) is 0.487. The molecular formula is C10H22Cl2N2. The number of halogens is 2. The van der Waals surface area contributed by atoms with Gasteiger partial charge in [-0.15, -0.1) is 24.8 Å². The van der Waals surface area contributed by atoms with Gasteiger partial charge in [-0.3, -0.25) is 4.90 Å². The Bertz CT molecular complexity index is 152. The van der Waals surface area contributed by atoms with Crippen LogP contribution < -0.4 is 5.32 Å². The topological polar surface area (TPSA) is 15.3 Å². The Hall–Kier alpha value is 0.500. The first kappa shape index (κ1) is 14.5. The van der Waals surface area contributed by atoms with Crippen molar-refractivity contribution in [2.24, 2.45) is 0 Å². The van der Waals surface area contributed by atoms with Crippen LogP contribution >= 0.6 is 24.8 Å². The quantitative estimate of drug-likeness (QED) is 0.756. The predicted octanol–water partition coefficient (Wildman–Crippen LogP) is 2.07. The van der Waals surface area contributed by atoms with Crippen LogP contribution in [0.2, 0.25) is 0 Å². The molecule has 14 heavy (non-hydrogen) atoms. The molecule has 1 atom stereocenters. The van der Waals surface area contributed by atoms with Gasteiger partial charge in [-0.2, -0.15) is 0 Å². The number of piperidine rings is 1. The number of hydrogen-bond donors (Lipinski definition) is 1. The largest absolute Gasteiger partial charge is 0.315 e. The molecule has 0 aliphatic carbocycles. The Balaban J connectivity index is 0.000000845. The molecule has 0 aromatic carbocycles. The lowest BCUT2D eigenvalue weighted by atomic mass is 9.96. The van der Waals surface area contributed by atoms with E-state index in [1.165, 1.54) is 51.9 Å². The van der Waals surface area contributed by atoms with E-state index in [-0.39, 0.29) is 24.8 Å². The second-order valence-electron chi connectivity index (χ2n) is 4.47. The van der Waals surface area contributed by atoms with E-state index in [1.54, 1.807) is 0 Å². The monoisotopic (exact) mass is 240 g/mol. The first-order chi connectivity index (χ1) is 5.81. The molecule has 0 radical (unpaired) electrons. The summed E-state index contributed by atoms with van der Waals surface area (Å²) in [6.45, 7) is 7.49. The molecule has 86 valence electrons. The van der Waals surface area contributed by atoms with Gasteiger partial charge in [0.2, 0.25) is 0 Å². The molecule has 0 bridgehead atoms. The maximum Gasteiger partial charge on any atom is 0.0317 e. The first-order valence-corrected chi connectivity index (χ1v) is 5.27. The van der Waals surface area contributed by atoms with E-state index >= 15 is 0 Å². The summed E-state index contributed by atoms with van der Waals surface area (Å²) in [6, 6.07) is 0. The molecule has 2 rings (SSSR count). The summed E-state index contributed by atoms with van der Waals surface area (Å²) in [5, 5.41) is 3.47. The highest BCUT2D eigenvalue weighted by molar-refractivity contribution is 5.85. The summed E-state index contributed by atoms with van der Waals surface area (Å²) in [6.07, 6.45) is 5.61. The van der Waals surface area contributed by atoms with E-state index in [4.69, 9.17) is 0 Å². The molecule has 2 nitrogen and oxygen atoms in total. The van der Waals surface area contributed by atoms with Crippen molar-refractivity contribution in [3.8, 4) is 0 Å². The van der Waals surface area contributed by atoms with Crippen molar-refractivity contribution in [1.29, 1.82) is 0 Å². The molecule has 0 aromatic rings. The molecule has 0 spiro atoms. The number of hydrogen-bond acceptors (Lipinski definition) is 2. The molecular weight excluding hydrogens is 219 g/mol. The van der Waals surface area contributed by atoms with Crippen LogP contribution in [-0.2, 0) is 0 Å². The molecule has 2 aliphatic heterocycles. The molecule has 1 unspecified atom stereocenters. The molecule has 1 N–H and O–H groups in total. The van der Waals surface area contributed by atoms with Crippen LogP contribution in [0.25, 0.3) is 0 Å². The lowest BCUT2D eigenvalue weighted by Gasteiger charge is -2.40. The van der Waals surface area contributed by atoms with E-state index in [9.17, 15) is 0 Å². The van der Waals surface area contributed by atoms with Gasteiger partial charge in [0.15, 0.2) is 0 Å². The van der Waals surface area contributed by atoms with Crippen LogP contribution in [0.4, 0.5) is 0 Å². The molecule has 2 heterocycles. The number of likely N-dealkylation sites (tertiary alicyclic amines) is 1. The maximum absolute atomic E-state index is 3.47. The molecule has 0 amide bonds. The number of rotatable bonds is 1. The number of nitrogens with one attached hydrogen (secondary N) is 1. The van der Waals surface area contributed by atoms with Gasteiger partial charge in [0, 0.05) is 12.1 Å². The second-order valence-corrected chi connectivity index (χ2v) is 4.47. The third-order valence-electron chi connectivity index (χ3n) is 3.47. The minimum Gasteiger partial charge on any atom is -0.315 e. The Kier molecular flexibility index (Phi) is 6.38. The molecule has 2 aliphatic rings. The van der Waals surface area contributed by atoms with E-state index in [1.807, 2.05) is 0 Å². The lowest BCUT2D eigenvalue weighted by molar-refractivity contribution is 0.0964. The van der Waals surface area contributed by atoms with E-state index in [0.29, 0.717) is 5.54 Å². The van der Waals surface area contributed by atoms with Crippen molar-refractivity contribution in [2.75, 3.05) is 26.2 Å². The predicted molar refractivity (Wildman–Crippen MR) is 65.8 cm³/mol. The Labute approximate surface area is 99.6 Å². The fourth-order valence-corrected chi connectivity index (χ4v) is 2.51. The van der Waals surface area contributed by atoms with Crippen molar-refractivity contribution >= 4 is 24.8 Å². The third kappa shape index (κ3) is 2.99. The van der Waals surface area contributed by atoms with E-state index < -0.39 is 0 Å². The van der Waals surface area contributed by atoms with Gasteiger partial charge in [-0.1, -0.05) is 6.42 Å². The smallest absolute Gasteiger partial charge is 0.0317 e. The fourth-order valence-electron chi connectivity index (χ4n) is 2.51. The molecule has 4 heteroatoms. The average Bonchev–Trinajstić information content (AvgIpc) is 2.55. The van der Waals surface area contributed by atoms with Gasteiger partial charge in [0.25, 0.3) is 0 Å². The zero-order chi connectivity index (χ0) is 8.44. The SMILES string of the molecule is CC1(N2CCCCC2)CCNC1.Cl.Cl. The van der Waals surface area contributed by atoms with Gasteiger partial charge < -0.3 is 5.32 Å². The molecule has 0 saturated carbocycles. The van der Waals surface area contributed by atoms with Crippen molar-refractivity contribution in [1.82, 2.24) is 10.2 Å². The van der Waals surface area contributed by atoms with Gasteiger partial charge in [0.05, 0.1) is 0 Å². The van der Waals surface area contributed by atoms with Crippen molar-refractivity contribution in [3.63, 3.8) is 0 Å². The van der Waals surface area contributed by atoms with Gasteiger partial charge in [-0.25, -0.2) is 0 Å². The second kappa shape index (κ2) is 6.16. The molecule has 0 aromatic heterocycles.